The van der Waals surface area contributed by atoms with Crippen LogP contribution in [-0.4, -0.2) is 21.1 Å². The molecule has 0 aliphatic carbocycles. The van der Waals surface area contributed by atoms with Gasteiger partial charge in [0, 0.05) is 30.1 Å². The Morgan fingerprint density at radius 3 is 3.04 bits per heavy atom. The van der Waals surface area contributed by atoms with E-state index in [2.05, 4.69) is 20.5 Å². The number of benzene rings is 1. The number of para-hydroxylation sites is 1. The molecule has 0 spiro atoms. The van der Waals surface area contributed by atoms with Crippen molar-refractivity contribution in [3.05, 3.63) is 65.6 Å². The molecule has 0 radical (unpaired) electrons. The van der Waals surface area contributed by atoms with Gasteiger partial charge in [0.15, 0.2) is 0 Å². The highest BCUT2D eigenvalue weighted by atomic mass is 16.5. The second kappa shape index (κ2) is 5.57. The molecule has 3 heterocycles. The molecular weight excluding hydrogens is 292 g/mol. The zero-order valence-corrected chi connectivity index (χ0v) is 12.2. The molecule has 6 nitrogen and oxygen atoms in total. The van der Waals surface area contributed by atoms with Crippen LogP contribution in [0.2, 0.25) is 0 Å². The summed E-state index contributed by atoms with van der Waals surface area (Å²) in [6.45, 7) is 0.746. The van der Waals surface area contributed by atoms with Gasteiger partial charge in [0.2, 0.25) is 0 Å². The zero-order valence-electron chi connectivity index (χ0n) is 12.2. The predicted octanol–water partition coefficient (Wildman–Crippen LogP) is 2.29. The third-order valence-electron chi connectivity index (χ3n) is 3.78. The predicted molar refractivity (Wildman–Crippen MR) is 83.8 cm³/mol. The van der Waals surface area contributed by atoms with Gasteiger partial charge in [-0.3, -0.25) is 14.9 Å². The first-order chi connectivity index (χ1) is 11.3. The van der Waals surface area contributed by atoms with E-state index in [4.69, 9.17) is 4.74 Å². The van der Waals surface area contributed by atoms with Gasteiger partial charge in [-0.05, 0) is 23.8 Å². The lowest BCUT2D eigenvalue weighted by Gasteiger charge is -2.17. The van der Waals surface area contributed by atoms with Crippen LogP contribution in [0.25, 0.3) is 11.3 Å². The molecule has 2 N–H and O–H groups in total. The molecular formula is C17H14N4O2. The lowest BCUT2D eigenvalue weighted by Crippen LogP contribution is -2.25. The number of fused-ring (bicyclic) bond motifs is 3. The Morgan fingerprint density at radius 2 is 2.17 bits per heavy atom. The van der Waals surface area contributed by atoms with Gasteiger partial charge in [-0.1, -0.05) is 18.2 Å². The summed E-state index contributed by atoms with van der Waals surface area (Å²) >= 11 is 0. The molecule has 0 unspecified atom stereocenters. The molecule has 0 atom stereocenters. The molecule has 114 valence electrons. The number of nitrogens with zero attached hydrogens (tertiary/aromatic N) is 2. The number of aromatic amines is 1. The standard InChI is InChI=1S/C17H14N4O2/c22-17(19-9-11-4-3-7-18-8-11)16-13-10-23-14-6-2-1-5-12(14)15(13)20-21-16/h1-8H,9-10H2,(H,19,22)(H,20,21). The molecule has 0 bridgehead atoms. The maximum absolute atomic E-state index is 12.4. The highest BCUT2D eigenvalue weighted by molar-refractivity contribution is 5.96. The summed E-state index contributed by atoms with van der Waals surface area (Å²) in [5.74, 6) is 0.583. The summed E-state index contributed by atoms with van der Waals surface area (Å²) < 4.78 is 5.71. The molecule has 0 saturated heterocycles. The minimum absolute atomic E-state index is 0.203. The van der Waals surface area contributed by atoms with Crippen LogP contribution in [0, 0.1) is 0 Å². The van der Waals surface area contributed by atoms with Crippen LogP contribution >= 0.6 is 0 Å². The third kappa shape index (κ3) is 2.44. The molecule has 1 aliphatic rings. The number of nitrogens with one attached hydrogen (secondary N) is 2. The first-order valence-corrected chi connectivity index (χ1v) is 7.29. The Labute approximate surface area is 132 Å². The van der Waals surface area contributed by atoms with Crippen LogP contribution in [0.3, 0.4) is 0 Å². The SMILES string of the molecule is O=C(NCc1cccnc1)c1[nH]nc2c1COc1ccccc1-2. The van der Waals surface area contributed by atoms with E-state index in [0.717, 1.165) is 28.1 Å². The summed E-state index contributed by atoms with van der Waals surface area (Å²) in [6.07, 6.45) is 3.42. The molecule has 6 heteroatoms. The van der Waals surface area contributed by atoms with Crippen LogP contribution < -0.4 is 10.1 Å². The monoisotopic (exact) mass is 306 g/mol. The summed E-state index contributed by atoms with van der Waals surface area (Å²) in [7, 11) is 0. The highest BCUT2D eigenvalue weighted by Gasteiger charge is 2.25. The largest absolute Gasteiger partial charge is 0.488 e. The second-order valence-corrected chi connectivity index (χ2v) is 5.25. The van der Waals surface area contributed by atoms with Crippen LogP contribution in [0.1, 0.15) is 21.6 Å². The number of ether oxygens (including phenoxy) is 1. The average molecular weight is 306 g/mol. The van der Waals surface area contributed by atoms with Gasteiger partial charge in [0.1, 0.15) is 23.7 Å². The number of amides is 1. The van der Waals surface area contributed by atoms with Crippen molar-refractivity contribution in [3.63, 3.8) is 0 Å². The normalized spacial score (nSPS) is 12.0. The minimum atomic E-state index is -0.203. The summed E-state index contributed by atoms with van der Waals surface area (Å²) in [4.78, 5) is 16.4. The fraction of sp³-hybridized carbons (Fsp3) is 0.118. The number of hydrogen-bond acceptors (Lipinski definition) is 4. The van der Waals surface area contributed by atoms with Gasteiger partial charge in [-0.2, -0.15) is 5.10 Å². The van der Waals surface area contributed by atoms with Gasteiger partial charge in [-0.15, -0.1) is 0 Å². The molecule has 1 amide bonds. The number of rotatable bonds is 3. The molecule has 1 aliphatic heterocycles. The average Bonchev–Trinajstić information content (AvgIpc) is 3.05. The number of aromatic nitrogens is 3. The molecule has 3 aromatic rings. The number of carbonyl (C=O) groups excluding carboxylic acids is 1. The van der Waals surface area contributed by atoms with Crippen molar-refractivity contribution in [1.82, 2.24) is 20.5 Å². The number of hydrogen-bond donors (Lipinski definition) is 2. The maximum Gasteiger partial charge on any atom is 0.270 e. The summed E-state index contributed by atoms with van der Waals surface area (Å²) in [6, 6.07) is 11.4. The van der Waals surface area contributed by atoms with Crippen molar-refractivity contribution in [3.8, 4) is 17.0 Å². The van der Waals surface area contributed by atoms with Crippen molar-refractivity contribution in [1.29, 1.82) is 0 Å². The van der Waals surface area contributed by atoms with E-state index in [1.807, 2.05) is 36.4 Å². The fourth-order valence-electron chi connectivity index (χ4n) is 2.63. The van der Waals surface area contributed by atoms with Crippen molar-refractivity contribution in [2.45, 2.75) is 13.2 Å². The van der Waals surface area contributed by atoms with E-state index in [1.54, 1.807) is 12.4 Å². The summed E-state index contributed by atoms with van der Waals surface area (Å²) in [5.41, 5.74) is 3.84. The first-order valence-electron chi connectivity index (χ1n) is 7.29. The van der Waals surface area contributed by atoms with Gasteiger partial charge in [0.05, 0.1) is 0 Å². The Hall–Kier alpha value is -3.15. The van der Waals surface area contributed by atoms with E-state index >= 15 is 0 Å². The van der Waals surface area contributed by atoms with Crippen molar-refractivity contribution in [2.24, 2.45) is 0 Å². The second-order valence-electron chi connectivity index (χ2n) is 5.25. The molecule has 23 heavy (non-hydrogen) atoms. The van der Waals surface area contributed by atoms with E-state index in [9.17, 15) is 4.79 Å². The lowest BCUT2D eigenvalue weighted by atomic mass is 10.0. The first kappa shape index (κ1) is 13.5. The van der Waals surface area contributed by atoms with Crippen molar-refractivity contribution < 1.29 is 9.53 Å². The van der Waals surface area contributed by atoms with Gasteiger partial charge in [-0.25, -0.2) is 0 Å². The molecule has 2 aromatic heterocycles. The lowest BCUT2D eigenvalue weighted by molar-refractivity contribution is 0.0943. The van der Waals surface area contributed by atoms with Crippen molar-refractivity contribution in [2.75, 3.05) is 0 Å². The van der Waals surface area contributed by atoms with E-state index in [-0.39, 0.29) is 5.91 Å². The number of H-pyrrole nitrogens is 1. The molecule has 4 rings (SSSR count). The van der Waals surface area contributed by atoms with E-state index < -0.39 is 0 Å². The fourth-order valence-corrected chi connectivity index (χ4v) is 2.63. The highest BCUT2D eigenvalue weighted by Crippen LogP contribution is 2.36. The van der Waals surface area contributed by atoms with Crippen molar-refractivity contribution >= 4 is 5.91 Å². The Kier molecular flexibility index (Phi) is 3.27. The third-order valence-corrected chi connectivity index (χ3v) is 3.78. The number of carbonyl (C=O) groups is 1. The van der Waals surface area contributed by atoms with Crippen LogP contribution in [0.4, 0.5) is 0 Å². The Morgan fingerprint density at radius 1 is 1.26 bits per heavy atom. The molecule has 1 aromatic carbocycles. The van der Waals surface area contributed by atoms with Crippen LogP contribution in [0.15, 0.2) is 48.8 Å². The maximum atomic E-state index is 12.4. The summed E-state index contributed by atoms with van der Waals surface area (Å²) in [5, 5.41) is 10.0. The topological polar surface area (TPSA) is 79.9 Å². The molecule has 0 fully saturated rings. The van der Waals surface area contributed by atoms with Crippen LogP contribution in [0.5, 0.6) is 5.75 Å². The van der Waals surface area contributed by atoms with E-state index in [1.165, 1.54) is 0 Å². The van der Waals surface area contributed by atoms with Gasteiger partial charge in [0.25, 0.3) is 5.91 Å². The Bertz CT molecular complexity index is 858. The quantitative estimate of drug-likeness (QED) is 0.778. The van der Waals surface area contributed by atoms with E-state index in [0.29, 0.717) is 18.8 Å². The zero-order chi connectivity index (χ0) is 15.6. The smallest absolute Gasteiger partial charge is 0.270 e. The van der Waals surface area contributed by atoms with Crippen LogP contribution in [-0.2, 0) is 13.2 Å². The Balaban J connectivity index is 1.57. The minimum Gasteiger partial charge on any atom is -0.488 e. The number of pyridine rings is 1. The molecule has 0 saturated carbocycles. The van der Waals surface area contributed by atoms with Gasteiger partial charge < -0.3 is 10.1 Å². The van der Waals surface area contributed by atoms with Gasteiger partial charge >= 0.3 is 0 Å².